The van der Waals surface area contributed by atoms with Gasteiger partial charge < -0.3 is 9.64 Å². The lowest BCUT2D eigenvalue weighted by Gasteiger charge is -2.27. The van der Waals surface area contributed by atoms with Gasteiger partial charge in [-0.25, -0.2) is 9.97 Å². The second-order valence-electron chi connectivity index (χ2n) is 5.47. The smallest absolute Gasteiger partial charge is 0.224 e. The first kappa shape index (κ1) is 14.2. The summed E-state index contributed by atoms with van der Waals surface area (Å²) in [7, 11) is 6.01. The predicted molar refractivity (Wildman–Crippen MR) is 76.3 cm³/mol. The Morgan fingerprint density at radius 1 is 1.21 bits per heavy atom. The van der Waals surface area contributed by atoms with Crippen molar-refractivity contribution in [2.24, 2.45) is 0 Å². The molecule has 0 bridgehead atoms. The Labute approximate surface area is 115 Å². The standard InChI is InChI=1S/C14H24N4O/c1-17(2)14-15-8-12(9-16-14)10-18(3)11-13-6-4-5-7-19-13/h8-9,13H,4-7,10-11H2,1-3H3. The van der Waals surface area contributed by atoms with Crippen LogP contribution in [0.4, 0.5) is 5.95 Å². The van der Waals surface area contributed by atoms with Crippen LogP contribution in [0.15, 0.2) is 12.4 Å². The molecule has 1 unspecified atom stereocenters. The first-order valence-electron chi connectivity index (χ1n) is 6.93. The molecule has 1 aliphatic heterocycles. The molecule has 0 radical (unpaired) electrons. The summed E-state index contributed by atoms with van der Waals surface area (Å²) in [6.07, 6.45) is 7.88. The summed E-state index contributed by atoms with van der Waals surface area (Å²) in [5, 5.41) is 0. The van der Waals surface area contributed by atoms with Crippen molar-refractivity contribution in [1.29, 1.82) is 0 Å². The monoisotopic (exact) mass is 264 g/mol. The third kappa shape index (κ3) is 4.44. The topological polar surface area (TPSA) is 41.5 Å². The van der Waals surface area contributed by atoms with Gasteiger partial charge in [-0.1, -0.05) is 0 Å². The van der Waals surface area contributed by atoms with Crippen LogP contribution in [0, 0.1) is 0 Å². The lowest BCUT2D eigenvalue weighted by Crippen LogP contribution is -2.33. The van der Waals surface area contributed by atoms with Crippen molar-refractivity contribution < 1.29 is 4.74 Å². The number of aromatic nitrogens is 2. The van der Waals surface area contributed by atoms with Crippen molar-refractivity contribution in [3.05, 3.63) is 18.0 Å². The summed E-state index contributed by atoms with van der Waals surface area (Å²) in [4.78, 5) is 12.9. The minimum absolute atomic E-state index is 0.390. The van der Waals surface area contributed by atoms with Gasteiger partial charge in [-0.15, -0.1) is 0 Å². The van der Waals surface area contributed by atoms with Crippen LogP contribution in [0.25, 0.3) is 0 Å². The largest absolute Gasteiger partial charge is 0.377 e. The van der Waals surface area contributed by atoms with E-state index < -0.39 is 0 Å². The van der Waals surface area contributed by atoms with E-state index in [1.807, 2.05) is 31.4 Å². The third-order valence-electron chi connectivity index (χ3n) is 3.33. The fraction of sp³-hybridized carbons (Fsp3) is 0.714. The van der Waals surface area contributed by atoms with E-state index in [4.69, 9.17) is 4.74 Å². The summed E-state index contributed by atoms with van der Waals surface area (Å²) in [5.74, 6) is 0.752. The summed E-state index contributed by atoms with van der Waals surface area (Å²) in [5.41, 5.74) is 1.14. The minimum Gasteiger partial charge on any atom is -0.377 e. The molecule has 1 aliphatic rings. The Bertz CT molecular complexity index is 374. The summed E-state index contributed by atoms with van der Waals surface area (Å²) in [6.45, 7) is 2.77. The van der Waals surface area contributed by atoms with Gasteiger partial charge in [0.05, 0.1) is 6.10 Å². The van der Waals surface area contributed by atoms with Gasteiger partial charge in [0.25, 0.3) is 0 Å². The highest BCUT2D eigenvalue weighted by Crippen LogP contribution is 2.14. The van der Waals surface area contributed by atoms with E-state index >= 15 is 0 Å². The molecule has 1 aromatic heterocycles. The van der Waals surface area contributed by atoms with E-state index in [9.17, 15) is 0 Å². The van der Waals surface area contributed by atoms with Crippen LogP contribution in [0.3, 0.4) is 0 Å². The Balaban J connectivity index is 1.82. The van der Waals surface area contributed by atoms with Crippen molar-refractivity contribution in [1.82, 2.24) is 14.9 Å². The molecule has 106 valence electrons. The molecule has 5 heteroatoms. The molecule has 1 aromatic rings. The van der Waals surface area contributed by atoms with Crippen molar-refractivity contribution in [2.45, 2.75) is 31.9 Å². The quantitative estimate of drug-likeness (QED) is 0.807. The zero-order chi connectivity index (χ0) is 13.7. The van der Waals surface area contributed by atoms with E-state index in [1.165, 1.54) is 19.3 Å². The lowest BCUT2D eigenvalue weighted by molar-refractivity contribution is -0.00261. The van der Waals surface area contributed by atoms with Crippen molar-refractivity contribution in [3.63, 3.8) is 0 Å². The number of rotatable bonds is 5. The molecule has 2 rings (SSSR count). The molecular weight excluding hydrogens is 240 g/mol. The molecule has 0 saturated carbocycles. The molecule has 0 aliphatic carbocycles. The number of ether oxygens (including phenoxy) is 1. The summed E-state index contributed by atoms with van der Waals surface area (Å²) >= 11 is 0. The molecule has 0 aromatic carbocycles. The molecular formula is C14H24N4O. The highest BCUT2D eigenvalue weighted by molar-refractivity contribution is 5.26. The lowest BCUT2D eigenvalue weighted by atomic mass is 10.1. The van der Waals surface area contributed by atoms with Gasteiger partial charge in [0, 0.05) is 51.7 Å². The second-order valence-corrected chi connectivity index (χ2v) is 5.47. The van der Waals surface area contributed by atoms with Crippen molar-refractivity contribution in [2.75, 3.05) is 39.2 Å². The highest BCUT2D eigenvalue weighted by Gasteiger charge is 2.16. The Hall–Kier alpha value is -1.20. The molecule has 0 spiro atoms. The Morgan fingerprint density at radius 3 is 2.53 bits per heavy atom. The third-order valence-corrected chi connectivity index (χ3v) is 3.33. The fourth-order valence-electron chi connectivity index (χ4n) is 2.34. The van der Waals surface area contributed by atoms with Crippen LogP contribution < -0.4 is 4.90 Å². The average molecular weight is 264 g/mol. The molecule has 0 amide bonds. The predicted octanol–water partition coefficient (Wildman–Crippen LogP) is 1.54. The molecule has 2 heterocycles. The summed E-state index contributed by atoms with van der Waals surface area (Å²) < 4.78 is 5.76. The number of anilines is 1. The first-order valence-corrected chi connectivity index (χ1v) is 6.93. The van der Waals surface area contributed by atoms with Crippen molar-refractivity contribution in [3.8, 4) is 0 Å². The van der Waals surface area contributed by atoms with E-state index in [0.29, 0.717) is 6.10 Å². The molecule has 1 atom stereocenters. The zero-order valence-electron chi connectivity index (χ0n) is 12.2. The number of likely N-dealkylation sites (N-methyl/N-ethyl adjacent to an activating group) is 1. The van der Waals surface area contributed by atoms with Crippen LogP contribution in [0.1, 0.15) is 24.8 Å². The van der Waals surface area contributed by atoms with Crippen LogP contribution in [-0.4, -0.2) is 55.3 Å². The van der Waals surface area contributed by atoms with Crippen LogP contribution in [0.2, 0.25) is 0 Å². The van der Waals surface area contributed by atoms with Crippen molar-refractivity contribution >= 4 is 5.95 Å². The van der Waals surface area contributed by atoms with Gasteiger partial charge in [-0.3, -0.25) is 4.90 Å². The normalized spacial score (nSPS) is 19.7. The first-order chi connectivity index (χ1) is 9.15. The summed E-state index contributed by atoms with van der Waals surface area (Å²) in [6, 6.07) is 0. The maximum absolute atomic E-state index is 5.76. The zero-order valence-corrected chi connectivity index (χ0v) is 12.2. The Morgan fingerprint density at radius 2 is 1.95 bits per heavy atom. The number of nitrogens with zero attached hydrogens (tertiary/aromatic N) is 4. The molecule has 19 heavy (non-hydrogen) atoms. The van der Waals surface area contributed by atoms with Gasteiger partial charge in [-0.2, -0.15) is 0 Å². The highest BCUT2D eigenvalue weighted by atomic mass is 16.5. The van der Waals surface area contributed by atoms with Gasteiger partial charge in [0.1, 0.15) is 0 Å². The van der Waals surface area contributed by atoms with E-state index in [1.54, 1.807) is 0 Å². The van der Waals surface area contributed by atoms with Gasteiger partial charge in [0.15, 0.2) is 0 Å². The van der Waals surface area contributed by atoms with Gasteiger partial charge in [0.2, 0.25) is 5.95 Å². The van der Waals surface area contributed by atoms with E-state index in [2.05, 4.69) is 21.9 Å². The molecule has 1 saturated heterocycles. The second kappa shape index (κ2) is 6.82. The van der Waals surface area contributed by atoms with E-state index in [-0.39, 0.29) is 0 Å². The van der Waals surface area contributed by atoms with Crippen LogP contribution in [-0.2, 0) is 11.3 Å². The SMILES string of the molecule is CN(Cc1cnc(N(C)C)nc1)CC1CCCCO1. The maximum atomic E-state index is 5.76. The van der Waals surface area contributed by atoms with Gasteiger partial charge in [-0.05, 0) is 26.3 Å². The molecule has 0 N–H and O–H groups in total. The average Bonchev–Trinajstić information content (AvgIpc) is 2.40. The number of hydrogen-bond donors (Lipinski definition) is 0. The van der Waals surface area contributed by atoms with Crippen LogP contribution >= 0.6 is 0 Å². The van der Waals surface area contributed by atoms with E-state index in [0.717, 1.165) is 31.2 Å². The minimum atomic E-state index is 0.390. The molecule has 1 fully saturated rings. The van der Waals surface area contributed by atoms with Crippen LogP contribution in [0.5, 0.6) is 0 Å². The maximum Gasteiger partial charge on any atom is 0.224 e. The van der Waals surface area contributed by atoms with Gasteiger partial charge >= 0.3 is 0 Å². The Kier molecular flexibility index (Phi) is 5.10. The fourth-order valence-corrected chi connectivity index (χ4v) is 2.34. The number of hydrogen-bond acceptors (Lipinski definition) is 5. The molecule has 5 nitrogen and oxygen atoms in total.